The highest BCUT2D eigenvalue weighted by molar-refractivity contribution is 6.12. The van der Waals surface area contributed by atoms with E-state index in [1.807, 2.05) is 43.3 Å². The van der Waals surface area contributed by atoms with Crippen LogP contribution in [-0.2, 0) is 15.0 Å². The molecule has 9 rings (SSSR count). The van der Waals surface area contributed by atoms with Crippen LogP contribution in [0, 0.1) is 12.7 Å². The van der Waals surface area contributed by atoms with E-state index in [9.17, 15) is 14.4 Å². The summed E-state index contributed by atoms with van der Waals surface area (Å²) >= 11 is 0. The van der Waals surface area contributed by atoms with E-state index in [0.29, 0.717) is 58.7 Å². The van der Waals surface area contributed by atoms with Gasteiger partial charge in [0.1, 0.15) is 17.8 Å². The molecular formula is C43H44FN9O4. The Balaban J connectivity index is 0.807. The summed E-state index contributed by atoms with van der Waals surface area (Å²) in [6.07, 6.45) is 6.39. The van der Waals surface area contributed by atoms with Crippen LogP contribution in [-0.4, -0.2) is 61.9 Å². The van der Waals surface area contributed by atoms with E-state index < -0.39 is 17.8 Å². The van der Waals surface area contributed by atoms with Gasteiger partial charge < -0.3 is 25.5 Å². The molecule has 1 aliphatic heterocycles. The zero-order valence-electron chi connectivity index (χ0n) is 32.0. The maximum Gasteiger partial charge on any atom is 0.293 e. The molecule has 1 saturated heterocycles. The number of nitrogens with zero attached hydrogens (tertiary/aromatic N) is 4. The molecule has 13 nitrogen and oxygen atoms in total. The number of halogens is 1. The first-order valence-electron chi connectivity index (χ1n) is 19.7. The predicted molar refractivity (Wildman–Crippen MR) is 212 cm³/mol. The summed E-state index contributed by atoms with van der Waals surface area (Å²) in [4.78, 5) is 53.4. The molecule has 3 fully saturated rings. The molecule has 292 valence electrons. The van der Waals surface area contributed by atoms with Gasteiger partial charge in [0.25, 0.3) is 11.7 Å². The largest absolute Gasteiger partial charge is 0.384 e. The third-order valence-corrected chi connectivity index (χ3v) is 12.1. The Morgan fingerprint density at radius 1 is 1.04 bits per heavy atom. The molecule has 3 aromatic heterocycles. The lowest BCUT2D eigenvalue weighted by atomic mass is 9.75. The first kappa shape index (κ1) is 36.6. The highest BCUT2D eigenvalue weighted by Gasteiger charge is 2.45. The second-order valence-corrected chi connectivity index (χ2v) is 16.1. The number of carbonyl (C=O) groups excluding carboxylic acids is 3. The van der Waals surface area contributed by atoms with Gasteiger partial charge in [-0.2, -0.15) is 4.98 Å². The van der Waals surface area contributed by atoms with Crippen LogP contribution in [0.2, 0.25) is 0 Å². The van der Waals surface area contributed by atoms with Crippen molar-refractivity contribution < 1.29 is 23.3 Å². The topological polar surface area (TPSA) is 180 Å². The Labute approximate surface area is 328 Å². The predicted octanol–water partition coefficient (Wildman–Crippen LogP) is 6.62. The van der Waals surface area contributed by atoms with Gasteiger partial charge in [0.2, 0.25) is 17.7 Å². The number of nitrogens with one attached hydrogen (secondary N) is 5. The molecule has 0 spiro atoms. The van der Waals surface area contributed by atoms with Crippen molar-refractivity contribution in [2.24, 2.45) is 0 Å². The van der Waals surface area contributed by atoms with Gasteiger partial charge in [0.05, 0.1) is 23.0 Å². The quantitative estimate of drug-likeness (QED) is 0.0671. The van der Waals surface area contributed by atoms with Crippen LogP contribution in [0.1, 0.15) is 109 Å². The minimum absolute atomic E-state index is 0.0324. The fraction of sp³-hybridized carbons (Fsp3) is 0.372. The average molecular weight is 770 g/mol. The normalized spacial score (nSPS) is 20.6. The molecule has 4 heterocycles. The monoisotopic (exact) mass is 769 g/mol. The van der Waals surface area contributed by atoms with Crippen LogP contribution < -0.4 is 21.3 Å². The number of amides is 3. The van der Waals surface area contributed by atoms with E-state index in [1.54, 1.807) is 19.9 Å². The molecule has 6 aromatic rings. The molecule has 3 aromatic carbocycles. The van der Waals surface area contributed by atoms with Crippen LogP contribution in [0.5, 0.6) is 0 Å². The van der Waals surface area contributed by atoms with Crippen LogP contribution in [0.3, 0.4) is 0 Å². The number of hydrogen-bond acceptors (Lipinski definition) is 10. The molecule has 2 atom stereocenters. The van der Waals surface area contributed by atoms with Crippen molar-refractivity contribution in [3.8, 4) is 11.3 Å². The number of piperidine rings is 1. The number of hydrogen-bond donors (Lipinski definition) is 5. The highest BCUT2D eigenvalue weighted by Crippen LogP contribution is 2.46. The summed E-state index contributed by atoms with van der Waals surface area (Å²) in [5.74, 6) is -0.625. The van der Waals surface area contributed by atoms with Crippen molar-refractivity contribution in [3.05, 3.63) is 101 Å². The maximum atomic E-state index is 16.2. The summed E-state index contributed by atoms with van der Waals surface area (Å²) in [6.45, 7) is 7.07. The molecule has 2 aliphatic carbocycles. The lowest BCUT2D eigenvalue weighted by molar-refractivity contribution is -0.134. The molecule has 14 heteroatoms. The van der Waals surface area contributed by atoms with Gasteiger partial charge in [-0.05, 0) is 92.3 Å². The lowest BCUT2D eigenvalue weighted by Gasteiger charge is -2.36. The zero-order chi connectivity index (χ0) is 39.4. The number of carbonyl (C=O) groups is 3. The fourth-order valence-electron chi connectivity index (χ4n) is 8.25. The number of anilines is 1. The summed E-state index contributed by atoms with van der Waals surface area (Å²) in [5.41, 5.74) is 6.39. The Kier molecular flexibility index (Phi) is 9.30. The van der Waals surface area contributed by atoms with Crippen molar-refractivity contribution in [2.45, 2.75) is 88.6 Å². The number of fused-ring (bicyclic) bond motifs is 3. The van der Waals surface area contributed by atoms with Gasteiger partial charge in [-0.1, -0.05) is 48.5 Å². The molecule has 3 aliphatic rings. The third kappa shape index (κ3) is 7.02. The first-order chi connectivity index (χ1) is 27.5. The molecule has 0 unspecified atom stereocenters. The van der Waals surface area contributed by atoms with E-state index in [0.717, 1.165) is 66.3 Å². The summed E-state index contributed by atoms with van der Waals surface area (Å²) < 4.78 is 21.5. The Bertz CT molecular complexity index is 2540. The van der Waals surface area contributed by atoms with E-state index >= 15 is 4.39 Å². The minimum atomic E-state index is -0.511. The number of H-pyrrole nitrogens is 1. The average Bonchev–Trinajstić information content (AvgIpc) is 3.55. The van der Waals surface area contributed by atoms with Gasteiger partial charge in [0, 0.05) is 53.1 Å². The zero-order valence-corrected chi connectivity index (χ0v) is 32.0. The van der Waals surface area contributed by atoms with Crippen molar-refractivity contribution in [2.75, 3.05) is 18.4 Å². The number of aromatic amines is 1. The maximum absolute atomic E-state index is 16.2. The molecule has 0 radical (unpaired) electrons. The van der Waals surface area contributed by atoms with E-state index in [-0.39, 0.29) is 29.0 Å². The molecule has 3 amide bonds. The summed E-state index contributed by atoms with van der Waals surface area (Å²) in [5, 5.41) is 18.0. The van der Waals surface area contributed by atoms with Gasteiger partial charge >= 0.3 is 0 Å². The smallest absolute Gasteiger partial charge is 0.293 e. The molecule has 5 N–H and O–H groups in total. The van der Waals surface area contributed by atoms with E-state index in [1.165, 1.54) is 11.9 Å². The van der Waals surface area contributed by atoms with Crippen LogP contribution >= 0.6 is 0 Å². The summed E-state index contributed by atoms with van der Waals surface area (Å²) in [7, 11) is 0. The standard InChI is InChI=1S/C43H44FN9O4/c1-22-29(23(2)49-41(56)39-52-42(57-53-39)43(3)14-15-43)10-11-32(36(22)44)37-35-31-9-8-27(20-33(31)50-38(35)48-21-47-37)45-16-17-46-28-18-26(19-28)24-4-6-25(7-5-24)30-12-13-34(54)51-40(30)55/h4-11,20-21,23,26,28,30,45-46H,12-19H2,1-3H3,(H,49,56)(H,47,48,50)(H,51,54,55)/t23-,26?,28?,30+/m1/s1. The molecule has 0 bridgehead atoms. The molecule has 57 heavy (non-hydrogen) atoms. The van der Waals surface area contributed by atoms with Crippen molar-refractivity contribution in [1.29, 1.82) is 0 Å². The molecule has 2 saturated carbocycles. The van der Waals surface area contributed by atoms with Crippen molar-refractivity contribution >= 4 is 45.3 Å². The molecular weight excluding hydrogens is 726 g/mol. The Hall–Kier alpha value is -6.02. The highest BCUT2D eigenvalue weighted by atomic mass is 19.1. The minimum Gasteiger partial charge on any atom is -0.384 e. The Morgan fingerprint density at radius 2 is 1.82 bits per heavy atom. The lowest BCUT2D eigenvalue weighted by Crippen LogP contribution is -2.42. The van der Waals surface area contributed by atoms with Gasteiger partial charge in [-0.3, -0.25) is 19.7 Å². The Morgan fingerprint density at radius 3 is 2.60 bits per heavy atom. The number of aromatic nitrogens is 5. The van der Waals surface area contributed by atoms with Crippen LogP contribution in [0.25, 0.3) is 33.2 Å². The SMILES string of the molecule is Cc1c([C@@H](C)NC(=O)c2noc(C3(C)CC3)n2)ccc(-c2ncnc3[nH]c4cc(NCCNC5CC(c6ccc([C@@H]7CCC(=O)NC7=O)cc6)C5)ccc4c23)c1F. The van der Waals surface area contributed by atoms with Gasteiger partial charge in [-0.25, -0.2) is 14.4 Å². The number of imide groups is 1. The second kappa shape index (κ2) is 14.5. The fourth-order valence-corrected chi connectivity index (χ4v) is 8.25. The van der Waals surface area contributed by atoms with Gasteiger partial charge in [0.15, 0.2) is 0 Å². The van der Waals surface area contributed by atoms with Gasteiger partial charge in [-0.15, -0.1) is 0 Å². The van der Waals surface area contributed by atoms with E-state index in [4.69, 9.17) is 4.52 Å². The van der Waals surface area contributed by atoms with Crippen molar-refractivity contribution in [3.63, 3.8) is 0 Å². The van der Waals surface area contributed by atoms with Crippen molar-refractivity contribution in [1.82, 2.24) is 41.0 Å². The summed E-state index contributed by atoms with van der Waals surface area (Å²) in [6, 6.07) is 17.8. The van der Waals surface area contributed by atoms with Crippen LogP contribution in [0.4, 0.5) is 10.1 Å². The number of benzene rings is 3. The first-order valence-corrected chi connectivity index (χ1v) is 19.7. The third-order valence-electron chi connectivity index (χ3n) is 12.1. The number of rotatable bonds is 12. The van der Waals surface area contributed by atoms with Crippen LogP contribution in [0.15, 0.2) is 65.4 Å². The second-order valence-electron chi connectivity index (χ2n) is 16.1. The van der Waals surface area contributed by atoms with E-state index in [2.05, 4.69) is 58.5 Å².